The molecule has 1 heterocycles. The maximum atomic E-state index is 11.2. The molecule has 1 N–H and O–H groups in total. The molecule has 0 atom stereocenters. The molecule has 1 aromatic rings. The average Bonchev–Trinajstić information content (AvgIpc) is 2.70. The highest BCUT2D eigenvalue weighted by Gasteiger charge is 2.48. The average molecular weight is 329 g/mol. The lowest BCUT2D eigenvalue weighted by atomic mass is 9.65. The van der Waals surface area contributed by atoms with Crippen LogP contribution in [0.25, 0.3) is 0 Å². The number of hydrogen-bond acceptors (Lipinski definition) is 3. The van der Waals surface area contributed by atoms with Gasteiger partial charge in [0.2, 0.25) is 10.0 Å². The standard InChI is InChI=1S/C15H21ClN2O2S/c1-21(19,20)17-14-8-15(9-14)5-6-18(11-15)10-12-3-2-4-13(16)7-12/h2-4,7,14,17H,5-6,8-11H2,1H3. The van der Waals surface area contributed by atoms with Gasteiger partial charge in [-0.25, -0.2) is 13.1 Å². The minimum atomic E-state index is -3.08. The first-order chi connectivity index (χ1) is 9.84. The first kappa shape index (κ1) is 15.3. The summed E-state index contributed by atoms with van der Waals surface area (Å²) in [5.74, 6) is 0. The quantitative estimate of drug-likeness (QED) is 0.922. The van der Waals surface area contributed by atoms with Crippen molar-refractivity contribution in [2.45, 2.75) is 31.8 Å². The third-order valence-electron chi connectivity index (χ3n) is 4.55. The van der Waals surface area contributed by atoms with Gasteiger partial charge in [-0.05, 0) is 48.9 Å². The summed E-state index contributed by atoms with van der Waals surface area (Å²) in [6.07, 6.45) is 4.33. The molecule has 0 unspecified atom stereocenters. The molecule has 1 aromatic carbocycles. The summed E-state index contributed by atoms with van der Waals surface area (Å²) in [5.41, 5.74) is 1.56. The van der Waals surface area contributed by atoms with Crippen LogP contribution < -0.4 is 4.72 Å². The Balaban J connectivity index is 1.53. The molecule has 2 fully saturated rings. The third kappa shape index (κ3) is 3.77. The molecule has 4 nitrogen and oxygen atoms in total. The molecule has 6 heteroatoms. The second-order valence-corrected chi connectivity index (χ2v) is 8.80. The Kier molecular flexibility index (Phi) is 4.03. The minimum absolute atomic E-state index is 0.131. The third-order valence-corrected chi connectivity index (χ3v) is 5.55. The number of nitrogens with one attached hydrogen (secondary N) is 1. The van der Waals surface area contributed by atoms with Crippen LogP contribution in [-0.2, 0) is 16.6 Å². The van der Waals surface area contributed by atoms with Gasteiger partial charge in [0.05, 0.1) is 6.26 Å². The molecule has 0 bridgehead atoms. The molecule has 0 aromatic heterocycles. The predicted molar refractivity (Wildman–Crippen MR) is 84.8 cm³/mol. The topological polar surface area (TPSA) is 49.4 Å². The van der Waals surface area contributed by atoms with E-state index in [-0.39, 0.29) is 6.04 Å². The Morgan fingerprint density at radius 2 is 2.19 bits per heavy atom. The van der Waals surface area contributed by atoms with Gasteiger partial charge in [0, 0.05) is 24.2 Å². The van der Waals surface area contributed by atoms with Crippen molar-refractivity contribution >= 4 is 21.6 Å². The van der Waals surface area contributed by atoms with E-state index in [0.717, 1.165) is 43.9 Å². The fourth-order valence-corrected chi connectivity index (χ4v) is 4.75. The van der Waals surface area contributed by atoms with Crippen LogP contribution in [0.3, 0.4) is 0 Å². The highest BCUT2D eigenvalue weighted by atomic mass is 35.5. The van der Waals surface area contributed by atoms with Crippen molar-refractivity contribution in [3.05, 3.63) is 34.9 Å². The second-order valence-electron chi connectivity index (χ2n) is 6.59. The Hall–Kier alpha value is -0.620. The zero-order valence-electron chi connectivity index (χ0n) is 12.2. The highest BCUT2D eigenvalue weighted by molar-refractivity contribution is 7.88. The summed E-state index contributed by atoms with van der Waals surface area (Å²) in [5, 5.41) is 0.780. The molecule has 1 saturated carbocycles. The van der Waals surface area contributed by atoms with E-state index >= 15 is 0 Å². The Morgan fingerprint density at radius 3 is 2.86 bits per heavy atom. The number of benzene rings is 1. The molecular weight excluding hydrogens is 308 g/mol. The van der Waals surface area contributed by atoms with E-state index in [4.69, 9.17) is 11.6 Å². The predicted octanol–water partition coefficient (Wildman–Crippen LogP) is 2.24. The Bertz CT molecular complexity index is 626. The van der Waals surface area contributed by atoms with E-state index in [0.29, 0.717) is 5.41 Å². The monoisotopic (exact) mass is 328 g/mol. The summed E-state index contributed by atoms with van der Waals surface area (Å²) >= 11 is 6.02. The van der Waals surface area contributed by atoms with Crippen LogP contribution in [-0.4, -0.2) is 38.7 Å². The van der Waals surface area contributed by atoms with Crippen molar-refractivity contribution in [1.29, 1.82) is 0 Å². The van der Waals surface area contributed by atoms with Crippen LogP contribution in [0.4, 0.5) is 0 Å². The molecular formula is C15H21ClN2O2S. The lowest BCUT2D eigenvalue weighted by Gasteiger charge is -2.45. The van der Waals surface area contributed by atoms with Gasteiger partial charge in [0.25, 0.3) is 0 Å². The first-order valence-electron chi connectivity index (χ1n) is 7.28. The van der Waals surface area contributed by atoms with Crippen molar-refractivity contribution in [2.75, 3.05) is 19.3 Å². The highest BCUT2D eigenvalue weighted by Crippen LogP contribution is 2.48. The largest absolute Gasteiger partial charge is 0.299 e. The first-order valence-corrected chi connectivity index (χ1v) is 9.55. The number of halogens is 1. The lowest BCUT2D eigenvalue weighted by molar-refractivity contribution is 0.101. The Morgan fingerprint density at radius 1 is 1.43 bits per heavy atom. The molecule has 1 aliphatic carbocycles. The van der Waals surface area contributed by atoms with E-state index in [1.807, 2.05) is 18.2 Å². The van der Waals surface area contributed by atoms with E-state index in [1.165, 1.54) is 11.8 Å². The summed E-state index contributed by atoms with van der Waals surface area (Å²) < 4.78 is 25.2. The molecule has 1 spiro atoms. The molecule has 21 heavy (non-hydrogen) atoms. The Labute approximate surface area is 131 Å². The van der Waals surface area contributed by atoms with Gasteiger partial charge in [-0.1, -0.05) is 23.7 Å². The van der Waals surface area contributed by atoms with Crippen LogP contribution in [0, 0.1) is 5.41 Å². The molecule has 3 rings (SSSR count). The maximum Gasteiger partial charge on any atom is 0.208 e. The molecule has 116 valence electrons. The van der Waals surface area contributed by atoms with Crippen molar-refractivity contribution in [3.8, 4) is 0 Å². The summed E-state index contributed by atoms with van der Waals surface area (Å²) in [6.45, 7) is 3.06. The zero-order valence-corrected chi connectivity index (χ0v) is 13.8. The maximum absolute atomic E-state index is 11.2. The van der Waals surface area contributed by atoms with Crippen molar-refractivity contribution in [2.24, 2.45) is 5.41 Å². The van der Waals surface area contributed by atoms with Crippen molar-refractivity contribution < 1.29 is 8.42 Å². The van der Waals surface area contributed by atoms with Gasteiger partial charge >= 0.3 is 0 Å². The van der Waals surface area contributed by atoms with Gasteiger partial charge in [0.1, 0.15) is 0 Å². The lowest BCUT2D eigenvalue weighted by Crippen LogP contribution is -2.51. The smallest absolute Gasteiger partial charge is 0.208 e. The van der Waals surface area contributed by atoms with Crippen LogP contribution >= 0.6 is 11.6 Å². The van der Waals surface area contributed by atoms with Crippen LogP contribution in [0.5, 0.6) is 0 Å². The number of likely N-dealkylation sites (tertiary alicyclic amines) is 1. The van der Waals surface area contributed by atoms with Crippen molar-refractivity contribution in [3.63, 3.8) is 0 Å². The van der Waals surface area contributed by atoms with Crippen LogP contribution in [0.15, 0.2) is 24.3 Å². The second kappa shape index (κ2) is 5.54. The molecule has 1 aliphatic heterocycles. The number of sulfonamides is 1. The molecule has 2 aliphatic rings. The number of rotatable bonds is 4. The minimum Gasteiger partial charge on any atom is -0.299 e. The summed E-state index contributed by atoms with van der Waals surface area (Å²) in [7, 11) is -3.08. The van der Waals surface area contributed by atoms with Crippen molar-refractivity contribution in [1.82, 2.24) is 9.62 Å². The number of nitrogens with zero attached hydrogens (tertiary/aromatic N) is 1. The zero-order chi connectivity index (χ0) is 15.1. The van der Waals surface area contributed by atoms with E-state index in [9.17, 15) is 8.42 Å². The summed E-state index contributed by atoms with van der Waals surface area (Å²) in [6, 6.07) is 8.13. The van der Waals surface area contributed by atoms with Gasteiger partial charge in [-0.3, -0.25) is 4.90 Å². The fraction of sp³-hybridized carbons (Fsp3) is 0.600. The van der Waals surface area contributed by atoms with E-state index in [1.54, 1.807) is 0 Å². The molecule has 0 amide bonds. The molecule has 0 radical (unpaired) electrons. The van der Waals surface area contributed by atoms with Gasteiger partial charge in [-0.2, -0.15) is 0 Å². The molecule has 1 saturated heterocycles. The summed E-state index contributed by atoms with van der Waals surface area (Å²) in [4.78, 5) is 2.45. The van der Waals surface area contributed by atoms with E-state index in [2.05, 4.69) is 15.7 Å². The fourth-order valence-electron chi connectivity index (χ4n) is 3.76. The van der Waals surface area contributed by atoms with Crippen LogP contribution in [0.2, 0.25) is 5.02 Å². The van der Waals surface area contributed by atoms with Gasteiger partial charge in [-0.15, -0.1) is 0 Å². The number of hydrogen-bond donors (Lipinski definition) is 1. The van der Waals surface area contributed by atoms with E-state index < -0.39 is 10.0 Å². The van der Waals surface area contributed by atoms with Crippen LogP contribution in [0.1, 0.15) is 24.8 Å². The van der Waals surface area contributed by atoms with Gasteiger partial charge in [0.15, 0.2) is 0 Å². The van der Waals surface area contributed by atoms with Gasteiger partial charge < -0.3 is 0 Å². The SMILES string of the molecule is CS(=O)(=O)NC1CC2(CCN(Cc3cccc(Cl)c3)C2)C1. The normalized spacial score (nSPS) is 29.7.